The van der Waals surface area contributed by atoms with Crippen LogP contribution in [0, 0.1) is 43.4 Å². The van der Waals surface area contributed by atoms with Gasteiger partial charge in [-0.3, -0.25) is 0 Å². The summed E-state index contributed by atoms with van der Waals surface area (Å²) in [5.41, 5.74) is 0. The number of hydrogen-bond donors (Lipinski definition) is 0. The molecule has 0 rings (SSSR count). The third-order valence-electron chi connectivity index (χ3n) is 6.91. The number of rotatable bonds is 18. The first kappa shape index (κ1) is 39.8. The minimum atomic E-state index is 0. The van der Waals surface area contributed by atoms with Crippen LogP contribution in [-0.2, 0) is 18.6 Å². The molecule has 0 aliphatic carbocycles. The fourth-order valence-corrected chi connectivity index (χ4v) is 4.62. The van der Waals surface area contributed by atoms with Crippen LogP contribution in [0.5, 0.6) is 0 Å². The molecule has 5 unspecified atom stereocenters. The van der Waals surface area contributed by atoms with Gasteiger partial charge in [0.05, 0.1) is 0 Å². The van der Waals surface area contributed by atoms with Crippen molar-refractivity contribution in [2.75, 3.05) is 0 Å². The van der Waals surface area contributed by atoms with Gasteiger partial charge in [-0.2, -0.15) is 0 Å². The molecule has 0 aliphatic heterocycles. The molecule has 0 N–H and O–H groups in total. The second-order valence-corrected chi connectivity index (χ2v) is 10.1. The molecular weight excluding hydrogens is 423 g/mol. The molecule has 0 saturated carbocycles. The molecule has 0 saturated heterocycles. The Bertz CT molecular complexity index is 299. The number of unbranched alkanes of at least 4 members (excludes halogenated alkanes) is 4. The smallest absolute Gasteiger partial charge is 0.346 e. The van der Waals surface area contributed by atoms with Gasteiger partial charge in [0.25, 0.3) is 0 Å². The second-order valence-electron chi connectivity index (χ2n) is 10.1. The van der Waals surface area contributed by atoms with E-state index in [1.54, 1.807) is 0 Å². The third kappa shape index (κ3) is 26.8. The van der Waals surface area contributed by atoms with E-state index in [4.69, 9.17) is 0 Å². The van der Waals surface area contributed by atoms with Crippen molar-refractivity contribution in [2.24, 2.45) is 29.6 Å². The molecule has 0 spiro atoms. The van der Waals surface area contributed by atoms with Crippen molar-refractivity contribution in [1.29, 1.82) is 0 Å². The van der Waals surface area contributed by atoms with Crippen LogP contribution in [0.25, 0.3) is 0 Å². The molecular formula is C31H66V. The zero-order valence-corrected chi connectivity index (χ0v) is 25.8. The van der Waals surface area contributed by atoms with E-state index in [-0.39, 0.29) is 18.6 Å². The van der Waals surface area contributed by atoms with Crippen molar-refractivity contribution >= 4 is 0 Å². The average Bonchev–Trinajstić information content (AvgIpc) is 2.78. The molecule has 0 aliphatic rings. The Hall–Kier alpha value is 0.584. The monoisotopic (exact) mass is 489 g/mol. The van der Waals surface area contributed by atoms with Gasteiger partial charge < -0.3 is 13.8 Å². The maximum absolute atomic E-state index is 3.54. The summed E-state index contributed by atoms with van der Waals surface area (Å²) in [5.74, 6) is 4.63. The minimum absolute atomic E-state index is 0. The van der Waals surface area contributed by atoms with Crippen LogP contribution < -0.4 is 0 Å². The van der Waals surface area contributed by atoms with Crippen LogP contribution in [0.3, 0.4) is 0 Å². The summed E-state index contributed by atoms with van der Waals surface area (Å²) in [6.45, 7) is 28.1. The van der Waals surface area contributed by atoms with E-state index in [2.05, 4.69) is 62.3 Å². The van der Waals surface area contributed by atoms with Gasteiger partial charge in [-0.25, -0.2) is 12.8 Å². The summed E-state index contributed by atoms with van der Waals surface area (Å²) >= 11 is 0. The molecule has 1 radical (unpaired) electrons. The van der Waals surface area contributed by atoms with Crippen LogP contribution in [0.4, 0.5) is 0 Å². The van der Waals surface area contributed by atoms with E-state index in [0.29, 0.717) is 0 Å². The molecule has 32 heavy (non-hydrogen) atoms. The van der Waals surface area contributed by atoms with E-state index in [1.807, 2.05) is 13.8 Å². The molecule has 195 valence electrons. The van der Waals surface area contributed by atoms with Crippen LogP contribution in [0.15, 0.2) is 0 Å². The Morgan fingerprint density at radius 2 is 0.938 bits per heavy atom. The van der Waals surface area contributed by atoms with Crippen LogP contribution in [-0.4, -0.2) is 0 Å². The molecule has 0 amide bonds. The first-order valence-electron chi connectivity index (χ1n) is 14.5. The zero-order valence-electron chi connectivity index (χ0n) is 24.4. The fourth-order valence-electron chi connectivity index (χ4n) is 4.62. The standard InChI is InChI=1S/C25H52.C4H8.C2H6.V/c1-8-11-13-16-22(5)18-20-25(23(6)14-10-3)24(7)19-17-21(4)15-12-9-2;1-3-4-2;1-2;/h21-25H,8-20H2,1-7H3;1-4H2;1-2H3;/q;-2;;+2. The molecule has 0 nitrogen and oxygen atoms in total. The molecule has 0 aromatic rings. The largest absolute Gasteiger partial charge is 2.00 e. The van der Waals surface area contributed by atoms with Crippen molar-refractivity contribution < 1.29 is 18.6 Å². The normalized spacial score (nSPS) is 15.1. The SMILES string of the molecule is CC.CCCCCC(C)CCC(C(C)CCC)C(C)CCC(C)CCCC.[CH2-]CC[CH2-].[V+2]. The minimum Gasteiger partial charge on any atom is -0.346 e. The van der Waals surface area contributed by atoms with Crippen LogP contribution in [0.1, 0.15) is 159 Å². The Balaban J connectivity index is -0.000000500. The van der Waals surface area contributed by atoms with Crippen LogP contribution >= 0.6 is 0 Å². The third-order valence-corrected chi connectivity index (χ3v) is 6.91. The van der Waals surface area contributed by atoms with Crippen molar-refractivity contribution in [3.05, 3.63) is 13.8 Å². The zero-order chi connectivity index (χ0) is 24.5. The summed E-state index contributed by atoms with van der Waals surface area (Å²) in [5, 5.41) is 0. The van der Waals surface area contributed by atoms with E-state index in [9.17, 15) is 0 Å². The molecule has 0 fully saturated rings. The van der Waals surface area contributed by atoms with Gasteiger partial charge in [-0.05, 0) is 36.0 Å². The Morgan fingerprint density at radius 1 is 0.500 bits per heavy atom. The van der Waals surface area contributed by atoms with Gasteiger partial charge in [0, 0.05) is 0 Å². The van der Waals surface area contributed by atoms with E-state index in [1.165, 1.54) is 83.5 Å². The molecule has 0 bridgehead atoms. The van der Waals surface area contributed by atoms with Crippen molar-refractivity contribution in [3.8, 4) is 0 Å². The van der Waals surface area contributed by atoms with Gasteiger partial charge in [0.2, 0.25) is 0 Å². The van der Waals surface area contributed by atoms with E-state index in [0.717, 1.165) is 42.4 Å². The predicted molar refractivity (Wildman–Crippen MR) is 148 cm³/mol. The quantitative estimate of drug-likeness (QED) is 0.133. The maximum Gasteiger partial charge on any atom is 2.00 e. The van der Waals surface area contributed by atoms with Gasteiger partial charge in [0.1, 0.15) is 0 Å². The molecule has 1 heteroatoms. The summed E-state index contributed by atoms with van der Waals surface area (Å²) in [7, 11) is 0. The van der Waals surface area contributed by atoms with Gasteiger partial charge >= 0.3 is 18.6 Å². The Morgan fingerprint density at radius 3 is 1.38 bits per heavy atom. The van der Waals surface area contributed by atoms with Crippen molar-refractivity contribution in [1.82, 2.24) is 0 Å². The predicted octanol–water partition coefficient (Wildman–Crippen LogP) is 11.7. The Kier molecular flexibility index (Phi) is 39.3. The number of hydrogen-bond acceptors (Lipinski definition) is 0. The fraction of sp³-hybridized carbons (Fsp3) is 0.935. The molecule has 5 atom stereocenters. The molecule has 0 heterocycles. The molecule has 0 aromatic heterocycles. The van der Waals surface area contributed by atoms with Gasteiger partial charge in [0.15, 0.2) is 0 Å². The van der Waals surface area contributed by atoms with Gasteiger partial charge in [-0.1, -0.05) is 139 Å². The van der Waals surface area contributed by atoms with Crippen molar-refractivity contribution in [2.45, 2.75) is 159 Å². The van der Waals surface area contributed by atoms with E-state index >= 15 is 0 Å². The average molecular weight is 490 g/mol. The Labute approximate surface area is 220 Å². The topological polar surface area (TPSA) is 0 Å². The summed E-state index contributed by atoms with van der Waals surface area (Å²) in [4.78, 5) is 0. The van der Waals surface area contributed by atoms with Crippen molar-refractivity contribution in [3.63, 3.8) is 0 Å². The second kappa shape index (κ2) is 31.6. The molecule has 0 aromatic carbocycles. The van der Waals surface area contributed by atoms with E-state index < -0.39 is 0 Å². The first-order valence-corrected chi connectivity index (χ1v) is 14.5. The van der Waals surface area contributed by atoms with Gasteiger partial charge in [-0.15, -0.1) is 0 Å². The van der Waals surface area contributed by atoms with Crippen LogP contribution in [0.2, 0.25) is 0 Å². The summed E-state index contributed by atoms with van der Waals surface area (Å²) < 4.78 is 0. The summed E-state index contributed by atoms with van der Waals surface area (Å²) in [6, 6.07) is 0. The first-order chi connectivity index (χ1) is 14.9. The summed E-state index contributed by atoms with van der Waals surface area (Å²) in [6.07, 6.45) is 20.4. The maximum atomic E-state index is 3.54.